The number of hydrogen-bond acceptors (Lipinski definition) is 5. The normalized spacial score (nSPS) is 11.0. The van der Waals surface area contributed by atoms with E-state index < -0.39 is 0 Å². The lowest BCUT2D eigenvalue weighted by Crippen LogP contribution is -2.36. The van der Waals surface area contributed by atoms with E-state index in [4.69, 9.17) is 4.74 Å². The van der Waals surface area contributed by atoms with Crippen LogP contribution >= 0.6 is 35.3 Å². The van der Waals surface area contributed by atoms with Crippen LogP contribution in [-0.2, 0) is 19.5 Å². The number of aromatic nitrogens is 3. The summed E-state index contributed by atoms with van der Waals surface area (Å²) in [6.45, 7) is 3.42. The Hall–Kier alpha value is -2.14. The van der Waals surface area contributed by atoms with E-state index in [0.29, 0.717) is 12.4 Å². The van der Waals surface area contributed by atoms with E-state index in [1.54, 1.807) is 14.2 Å². The Kier molecular flexibility index (Phi) is 8.71. The molecular formula is C19H25IN6OS. The fourth-order valence-corrected chi connectivity index (χ4v) is 3.41. The van der Waals surface area contributed by atoms with Gasteiger partial charge in [-0.3, -0.25) is 10.1 Å². The number of halogens is 1. The number of benzene rings is 1. The molecule has 0 aliphatic rings. The second kappa shape index (κ2) is 11.0. The number of H-pyrrole nitrogens is 1. The first-order chi connectivity index (χ1) is 13.2. The Morgan fingerprint density at radius 2 is 1.82 bits per heavy atom. The van der Waals surface area contributed by atoms with E-state index in [1.807, 2.05) is 35.6 Å². The molecule has 7 nitrogen and oxygen atoms in total. The quantitative estimate of drug-likeness (QED) is 0.256. The van der Waals surface area contributed by atoms with Gasteiger partial charge in [-0.2, -0.15) is 5.10 Å². The summed E-state index contributed by atoms with van der Waals surface area (Å²) in [6, 6.07) is 12.0. The molecule has 9 heteroatoms. The van der Waals surface area contributed by atoms with Crippen LogP contribution in [0.4, 0.5) is 0 Å². The van der Waals surface area contributed by atoms with Gasteiger partial charge >= 0.3 is 0 Å². The summed E-state index contributed by atoms with van der Waals surface area (Å²) < 4.78 is 5.17. The minimum atomic E-state index is 0. The van der Waals surface area contributed by atoms with Gasteiger partial charge in [-0.05, 0) is 42.8 Å². The maximum Gasteiger partial charge on any atom is 0.191 e. The molecule has 0 fully saturated rings. The second-order valence-electron chi connectivity index (χ2n) is 5.84. The number of aryl methyl sites for hydroxylation is 1. The Morgan fingerprint density at radius 3 is 2.46 bits per heavy atom. The molecule has 3 rings (SSSR count). The lowest BCUT2D eigenvalue weighted by atomic mass is 10.2. The highest BCUT2D eigenvalue weighted by atomic mass is 127. The van der Waals surface area contributed by atoms with Crippen molar-refractivity contribution in [3.05, 3.63) is 52.0 Å². The number of thiophene rings is 1. The summed E-state index contributed by atoms with van der Waals surface area (Å²) in [5.74, 6) is 2.93. The van der Waals surface area contributed by atoms with Crippen LogP contribution in [0.1, 0.15) is 22.5 Å². The summed E-state index contributed by atoms with van der Waals surface area (Å²) in [6.07, 6.45) is 1.07. The first kappa shape index (κ1) is 22.2. The molecule has 1 aromatic carbocycles. The van der Waals surface area contributed by atoms with Gasteiger partial charge < -0.3 is 15.4 Å². The number of rotatable bonds is 7. The first-order valence-corrected chi connectivity index (χ1v) is 9.61. The Balaban J connectivity index is 0.00000280. The van der Waals surface area contributed by atoms with E-state index in [1.165, 1.54) is 9.75 Å². The van der Waals surface area contributed by atoms with Gasteiger partial charge in [0, 0.05) is 22.4 Å². The lowest BCUT2D eigenvalue weighted by Gasteiger charge is -2.09. The number of methoxy groups -OCH3 is 1. The zero-order valence-electron chi connectivity index (χ0n) is 16.2. The smallest absolute Gasteiger partial charge is 0.191 e. The van der Waals surface area contributed by atoms with E-state index in [9.17, 15) is 0 Å². The molecule has 0 aliphatic carbocycles. The standard InChI is InChI=1S/C19H24N6OS.HI/c1-4-15-9-10-16(27-15)11-21-19(20-2)22-12-17-23-18(25-24-17)13-5-7-14(26-3)8-6-13;/h5-10H,4,11-12H2,1-3H3,(H2,20,21,22)(H,23,24,25);1H. The molecule has 0 spiro atoms. The van der Waals surface area contributed by atoms with Crippen LogP contribution in [0.2, 0.25) is 0 Å². The summed E-state index contributed by atoms with van der Waals surface area (Å²) in [5, 5.41) is 13.8. The monoisotopic (exact) mass is 512 g/mol. The van der Waals surface area contributed by atoms with Crippen molar-refractivity contribution >= 4 is 41.3 Å². The lowest BCUT2D eigenvalue weighted by molar-refractivity contribution is 0.415. The van der Waals surface area contributed by atoms with E-state index in [-0.39, 0.29) is 24.0 Å². The fraction of sp³-hybridized carbons (Fsp3) is 0.316. The van der Waals surface area contributed by atoms with Crippen molar-refractivity contribution in [1.29, 1.82) is 0 Å². The SMILES string of the molecule is CCc1ccc(CNC(=NC)NCc2nc(-c3ccc(OC)cc3)n[nH]2)s1.I. The maximum atomic E-state index is 5.17. The van der Waals surface area contributed by atoms with Gasteiger partial charge in [0.2, 0.25) is 0 Å². The third-order valence-corrected chi connectivity index (χ3v) is 5.25. The molecule has 0 saturated heterocycles. The largest absolute Gasteiger partial charge is 0.497 e. The molecular weight excluding hydrogens is 487 g/mol. The van der Waals surface area contributed by atoms with Crippen molar-refractivity contribution < 1.29 is 4.74 Å². The van der Waals surface area contributed by atoms with Crippen LogP contribution in [-0.4, -0.2) is 35.3 Å². The Bertz CT molecular complexity index is 890. The van der Waals surface area contributed by atoms with E-state index >= 15 is 0 Å². The van der Waals surface area contributed by atoms with Crippen molar-refractivity contribution in [3.8, 4) is 17.1 Å². The zero-order valence-corrected chi connectivity index (χ0v) is 19.3. The highest BCUT2D eigenvalue weighted by Gasteiger charge is 2.07. The van der Waals surface area contributed by atoms with Gasteiger partial charge in [0.05, 0.1) is 20.2 Å². The highest BCUT2D eigenvalue weighted by molar-refractivity contribution is 14.0. The van der Waals surface area contributed by atoms with Crippen molar-refractivity contribution in [2.24, 2.45) is 4.99 Å². The van der Waals surface area contributed by atoms with Crippen LogP contribution < -0.4 is 15.4 Å². The molecule has 0 saturated carbocycles. The van der Waals surface area contributed by atoms with Crippen molar-refractivity contribution in [2.75, 3.05) is 14.2 Å². The molecule has 2 heterocycles. The second-order valence-corrected chi connectivity index (χ2v) is 7.09. The third kappa shape index (κ3) is 5.93. The molecule has 0 aliphatic heterocycles. The molecule has 150 valence electrons. The van der Waals surface area contributed by atoms with Gasteiger partial charge in [-0.25, -0.2) is 4.98 Å². The summed E-state index contributed by atoms with van der Waals surface area (Å²) in [7, 11) is 3.40. The third-order valence-electron chi connectivity index (χ3n) is 4.02. The van der Waals surface area contributed by atoms with Crippen molar-refractivity contribution in [1.82, 2.24) is 25.8 Å². The Labute approximate surface area is 186 Å². The molecule has 3 aromatic rings. The molecule has 2 aromatic heterocycles. The number of hydrogen-bond donors (Lipinski definition) is 3. The minimum Gasteiger partial charge on any atom is -0.497 e. The summed E-state index contributed by atoms with van der Waals surface area (Å²) in [5.41, 5.74) is 0.935. The average molecular weight is 512 g/mol. The summed E-state index contributed by atoms with van der Waals surface area (Å²) in [4.78, 5) is 11.5. The average Bonchev–Trinajstić information content (AvgIpc) is 3.37. The number of aromatic amines is 1. The van der Waals surface area contributed by atoms with Crippen LogP contribution in [0, 0.1) is 0 Å². The fourth-order valence-electron chi connectivity index (χ4n) is 2.51. The molecule has 0 bridgehead atoms. The molecule has 0 atom stereocenters. The van der Waals surface area contributed by atoms with E-state index in [2.05, 4.69) is 49.9 Å². The van der Waals surface area contributed by atoms with Gasteiger partial charge in [0.1, 0.15) is 11.6 Å². The van der Waals surface area contributed by atoms with E-state index in [0.717, 1.165) is 36.1 Å². The molecule has 0 unspecified atom stereocenters. The number of guanidine groups is 1. The van der Waals surface area contributed by atoms with Crippen LogP contribution in [0.15, 0.2) is 41.4 Å². The maximum absolute atomic E-state index is 5.17. The van der Waals surface area contributed by atoms with Crippen LogP contribution in [0.25, 0.3) is 11.4 Å². The minimum absolute atomic E-state index is 0. The number of aliphatic imine (C=N–C) groups is 1. The Morgan fingerprint density at radius 1 is 1.11 bits per heavy atom. The zero-order chi connectivity index (χ0) is 19.1. The highest BCUT2D eigenvalue weighted by Crippen LogP contribution is 2.19. The van der Waals surface area contributed by atoms with Gasteiger partial charge in [0.25, 0.3) is 0 Å². The molecule has 28 heavy (non-hydrogen) atoms. The van der Waals surface area contributed by atoms with Gasteiger partial charge in [-0.15, -0.1) is 35.3 Å². The predicted octanol–water partition coefficient (Wildman–Crippen LogP) is 3.59. The number of nitrogens with one attached hydrogen (secondary N) is 3. The molecule has 0 radical (unpaired) electrons. The van der Waals surface area contributed by atoms with Gasteiger partial charge in [0.15, 0.2) is 11.8 Å². The number of ether oxygens (including phenoxy) is 1. The van der Waals surface area contributed by atoms with Gasteiger partial charge in [-0.1, -0.05) is 6.92 Å². The molecule has 0 amide bonds. The molecule has 3 N–H and O–H groups in total. The van der Waals surface area contributed by atoms with Crippen molar-refractivity contribution in [2.45, 2.75) is 26.4 Å². The first-order valence-electron chi connectivity index (χ1n) is 8.79. The topological polar surface area (TPSA) is 87.2 Å². The number of nitrogens with zero attached hydrogens (tertiary/aromatic N) is 3. The van der Waals surface area contributed by atoms with Crippen LogP contribution in [0.5, 0.6) is 5.75 Å². The van der Waals surface area contributed by atoms with Crippen LogP contribution in [0.3, 0.4) is 0 Å². The summed E-state index contributed by atoms with van der Waals surface area (Å²) >= 11 is 1.82. The predicted molar refractivity (Wildman–Crippen MR) is 125 cm³/mol. The van der Waals surface area contributed by atoms with Crippen molar-refractivity contribution in [3.63, 3.8) is 0 Å².